The molecule has 0 radical (unpaired) electrons. The molecule has 0 aromatic carbocycles. The van der Waals surface area contributed by atoms with Gasteiger partial charge in [-0.3, -0.25) is 14.5 Å². The van der Waals surface area contributed by atoms with Gasteiger partial charge in [-0.1, -0.05) is 26.2 Å². The SMILES string of the molecule is CCN1CCCC1CNC(=O)CC1(C(=O)O)CCCCC1. The zero-order chi connectivity index (χ0) is 15.3. The second kappa shape index (κ2) is 7.25. The van der Waals surface area contributed by atoms with Gasteiger partial charge < -0.3 is 10.4 Å². The summed E-state index contributed by atoms with van der Waals surface area (Å²) in [6.07, 6.45) is 6.66. The molecule has 0 spiro atoms. The van der Waals surface area contributed by atoms with E-state index < -0.39 is 11.4 Å². The Balaban J connectivity index is 1.84. The number of likely N-dealkylation sites (N-methyl/N-ethyl adjacent to an activating group) is 1. The lowest BCUT2D eigenvalue weighted by Gasteiger charge is -2.32. The Hall–Kier alpha value is -1.10. The highest BCUT2D eigenvalue weighted by atomic mass is 16.4. The maximum absolute atomic E-state index is 12.2. The number of rotatable bonds is 6. The number of nitrogens with one attached hydrogen (secondary N) is 1. The molecule has 1 saturated heterocycles. The van der Waals surface area contributed by atoms with E-state index in [0.29, 0.717) is 25.4 Å². The summed E-state index contributed by atoms with van der Waals surface area (Å²) in [5, 5.41) is 12.5. The third-order valence-electron chi connectivity index (χ3n) is 5.20. The van der Waals surface area contributed by atoms with Crippen molar-refractivity contribution in [1.29, 1.82) is 0 Å². The van der Waals surface area contributed by atoms with E-state index >= 15 is 0 Å². The summed E-state index contributed by atoms with van der Waals surface area (Å²) in [7, 11) is 0. The largest absolute Gasteiger partial charge is 0.481 e. The molecule has 2 fully saturated rings. The van der Waals surface area contributed by atoms with Gasteiger partial charge in [0.25, 0.3) is 0 Å². The second-order valence-corrected chi connectivity index (χ2v) is 6.55. The van der Waals surface area contributed by atoms with Gasteiger partial charge in [0.05, 0.1) is 5.41 Å². The average Bonchev–Trinajstić information content (AvgIpc) is 2.93. The first-order valence-corrected chi connectivity index (χ1v) is 8.31. The third kappa shape index (κ3) is 3.96. The monoisotopic (exact) mass is 296 g/mol. The molecule has 0 aromatic heterocycles. The summed E-state index contributed by atoms with van der Waals surface area (Å²) in [5.74, 6) is -0.893. The Kier molecular flexibility index (Phi) is 5.62. The molecule has 1 saturated carbocycles. The lowest BCUT2D eigenvalue weighted by Crippen LogP contribution is -2.43. The van der Waals surface area contributed by atoms with E-state index in [1.54, 1.807) is 0 Å². The van der Waals surface area contributed by atoms with Crippen LogP contribution in [0, 0.1) is 5.41 Å². The molecule has 120 valence electrons. The number of hydrogen-bond donors (Lipinski definition) is 2. The summed E-state index contributed by atoms with van der Waals surface area (Å²) in [6.45, 7) is 4.92. The highest BCUT2D eigenvalue weighted by Gasteiger charge is 2.41. The predicted molar refractivity (Wildman–Crippen MR) is 81.0 cm³/mol. The first-order valence-electron chi connectivity index (χ1n) is 8.31. The maximum atomic E-state index is 12.2. The van der Waals surface area contributed by atoms with Crippen molar-refractivity contribution in [3.8, 4) is 0 Å². The minimum atomic E-state index is -0.817. The van der Waals surface area contributed by atoms with Crippen LogP contribution in [0.25, 0.3) is 0 Å². The smallest absolute Gasteiger partial charge is 0.310 e. The van der Waals surface area contributed by atoms with Gasteiger partial charge in [0.15, 0.2) is 0 Å². The molecule has 2 rings (SSSR count). The van der Waals surface area contributed by atoms with Crippen LogP contribution in [0.3, 0.4) is 0 Å². The lowest BCUT2D eigenvalue weighted by molar-refractivity contribution is -0.154. The van der Waals surface area contributed by atoms with Crippen LogP contribution in [0.4, 0.5) is 0 Å². The molecule has 1 aliphatic carbocycles. The predicted octanol–water partition coefficient (Wildman–Crippen LogP) is 2.01. The second-order valence-electron chi connectivity index (χ2n) is 6.55. The molecule has 1 atom stereocenters. The van der Waals surface area contributed by atoms with Gasteiger partial charge in [-0.15, -0.1) is 0 Å². The summed E-state index contributed by atoms with van der Waals surface area (Å²) >= 11 is 0. The molecule has 5 nitrogen and oxygen atoms in total. The van der Waals surface area contributed by atoms with Crippen molar-refractivity contribution < 1.29 is 14.7 Å². The summed E-state index contributed by atoms with van der Waals surface area (Å²) in [5.41, 5.74) is -0.817. The van der Waals surface area contributed by atoms with Crippen molar-refractivity contribution in [2.45, 2.75) is 64.3 Å². The van der Waals surface area contributed by atoms with Crippen LogP contribution < -0.4 is 5.32 Å². The fraction of sp³-hybridized carbons (Fsp3) is 0.875. The van der Waals surface area contributed by atoms with Crippen LogP contribution in [0.1, 0.15) is 58.3 Å². The molecular weight excluding hydrogens is 268 g/mol. The molecule has 1 aliphatic heterocycles. The van der Waals surface area contributed by atoms with Crippen LogP contribution in [0.15, 0.2) is 0 Å². The summed E-state index contributed by atoms with van der Waals surface area (Å²) in [4.78, 5) is 26.1. The molecular formula is C16H28N2O3. The van der Waals surface area contributed by atoms with E-state index in [4.69, 9.17) is 0 Å². The van der Waals surface area contributed by atoms with Gasteiger partial charge in [-0.2, -0.15) is 0 Å². The van der Waals surface area contributed by atoms with E-state index in [1.807, 2.05) is 0 Å². The molecule has 21 heavy (non-hydrogen) atoms. The summed E-state index contributed by atoms with van der Waals surface area (Å²) in [6, 6.07) is 0.422. The molecule has 1 amide bonds. The average molecular weight is 296 g/mol. The Morgan fingerprint density at radius 2 is 1.95 bits per heavy atom. The van der Waals surface area contributed by atoms with Crippen molar-refractivity contribution in [3.63, 3.8) is 0 Å². The number of aliphatic carboxylic acids is 1. The Morgan fingerprint density at radius 3 is 2.57 bits per heavy atom. The zero-order valence-electron chi connectivity index (χ0n) is 13.1. The van der Waals surface area contributed by atoms with Crippen molar-refractivity contribution >= 4 is 11.9 Å². The first-order chi connectivity index (χ1) is 10.1. The van der Waals surface area contributed by atoms with Gasteiger partial charge in [-0.25, -0.2) is 0 Å². The van der Waals surface area contributed by atoms with Crippen LogP contribution in [-0.4, -0.2) is 47.6 Å². The van der Waals surface area contributed by atoms with Gasteiger partial charge in [-0.05, 0) is 38.8 Å². The van der Waals surface area contributed by atoms with Crippen molar-refractivity contribution in [2.24, 2.45) is 5.41 Å². The van der Waals surface area contributed by atoms with Crippen molar-refractivity contribution in [2.75, 3.05) is 19.6 Å². The third-order valence-corrected chi connectivity index (χ3v) is 5.20. The lowest BCUT2D eigenvalue weighted by atomic mass is 9.71. The number of hydrogen-bond acceptors (Lipinski definition) is 3. The van der Waals surface area contributed by atoms with Crippen LogP contribution in [0.5, 0.6) is 0 Å². The van der Waals surface area contributed by atoms with E-state index in [1.165, 1.54) is 6.42 Å². The number of carboxylic acid groups (broad SMARTS) is 1. The quantitative estimate of drug-likeness (QED) is 0.786. The van der Waals surface area contributed by atoms with E-state index in [9.17, 15) is 14.7 Å². The Bertz CT molecular complexity index is 378. The highest BCUT2D eigenvalue weighted by molar-refractivity contribution is 5.85. The minimum Gasteiger partial charge on any atom is -0.481 e. The van der Waals surface area contributed by atoms with Crippen molar-refractivity contribution in [1.82, 2.24) is 10.2 Å². The van der Waals surface area contributed by atoms with E-state index in [0.717, 1.165) is 38.8 Å². The number of likely N-dealkylation sites (tertiary alicyclic amines) is 1. The number of amides is 1. The van der Waals surface area contributed by atoms with Gasteiger partial charge in [0.1, 0.15) is 0 Å². The topological polar surface area (TPSA) is 69.6 Å². The molecule has 2 N–H and O–H groups in total. The fourth-order valence-corrected chi connectivity index (χ4v) is 3.84. The zero-order valence-corrected chi connectivity index (χ0v) is 13.1. The molecule has 2 aliphatic rings. The molecule has 0 bridgehead atoms. The Morgan fingerprint density at radius 1 is 1.24 bits per heavy atom. The number of nitrogens with zero attached hydrogens (tertiary/aromatic N) is 1. The van der Waals surface area contributed by atoms with E-state index in [2.05, 4.69) is 17.1 Å². The minimum absolute atomic E-state index is 0.0951. The maximum Gasteiger partial charge on any atom is 0.310 e. The number of carbonyl (C=O) groups is 2. The van der Waals surface area contributed by atoms with Gasteiger partial charge >= 0.3 is 5.97 Å². The van der Waals surface area contributed by atoms with Gasteiger partial charge in [0.2, 0.25) is 5.91 Å². The molecule has 0 aromatic rings. The van der Waals surface area contributed by atoms with Crippen LogP contribution in [-0.2, 0) is 9.59 Å². The van der Waals surface area contributed by atoms with E-state index in [-0.39, 0.29) is 12.3 Å². The van der Waals surface area contributed by atoms with Gasteiger partial charge in [0, 0.05) is 19.0 Å². The first kappa shape index (κ1) is 16.3. The fourth-order valence-electron chi connectivity index (χ4n) is 3.84. The molecule has 1 unspecified atom stereocenters. The van der Waals surface area contributed by atoms with Crippen molar-refractivity contribution in [3.05, 3.63) is 0 Å². The Labute approximate surface area is 127 Å². The standard InChI is InChI=1S/C16H28N2O3/c1-2-18-10-6-7-13(18)12-17-14(19)11-16(15(20)21)8-4-3-5-9-16/h13H,2-12H2,1H3,(H,17,19)(H,20,21). The highest BCUT2D eigenvalue weighted by Crippen LogP contribution is 2.39. The van der Waals surface area contributed by atoms with Crippen LogP contribution in [0.2, 0.25) is 0 Å². The number of carbonyl (C=O) groups excluding carboxylic acids is 1. The number of carboxylic acids is 1. The molecule has 5 heteroatoms. The normalized spacial score (nSPS) is 25.7. The molecule has 1 heterocycles. The van der Waals surface area contributed by atoms with Crippen LogP contribution >= 0.6 is 0 Å². The summed E-state index contributed by atoms with van der Waals surface area (Å²) < 4.78 is 0.